The largest absolute Gasteiger partial charge is 0.467 e. The van der Waals surface area contributed by atoms with Crippen molar-refractivity contribution in [2.75, 3.05) is 0 Å². The van der Waals surface area contributed by atoms with Gasteiger partial charge in [0.2, 0.25) is 5.60 Å². The first-order valence-electron chi connectivity index (χ1n) is 6.96. The minimum Gasteiger partial charge on any atom is -0.467 e. The van der Waals surface area contributed by atoms with E-state index in [1.165, 1.54) is 18.5 Å². The topological polar surface area (TPSA) is 43.2 Å². The van der Waals surface area contributed by atoms with Crippen LogP contribution in [-0.2, 0) is 10.3 Å². The third-order valence-electron chi connectivity index (χ3n) is 3.76. The highest BCUT2D eigenvalue weighted by molar-refractivity contribution is 6.31. The molecule has 0 aliphatic carbocycles. The smallest absolute Gasteiger partial charge is 0.218 e. The van der Waals surface area contributed by atoms with E-state index in [9.17, 15) is 4.39 Å². The SMILES string of the molecule is Fc1ccc(C2(c3ccccc3Cl)O/C2=C\n2cncn2)cc1. The summed E-state index contributed by atoms with van der Waals surface area (Å²) in [5.74, 6) is 0.369. The van der Waals surface area contributed by atoms with E-state index in [2.05, 4.69) is 10.1 Å². The summed E-state index contributed by atoms with van der Waals surface area (Å²) in [5, 5.41) is 4.62. The molecule has 23 heavy (non-hydrogen) atoms. The van der Waals surface area contributed by atoms with Gasteiger partial charge in [0.15, 0.2) is 5.76 Å². The van der Waals surface area contributed by atoms with Crippen molar-refractivity contribution >= 4 is 17.8 Å². The van der Waals surface area contributed by atoms with Gasteiger partial charge in [-0.1, -0.05) is 41.9 Å². The molecule has 0 N–H and O–H groups in total. The Morgan fingerprint density at radius 3 is 2.61 bits per heavy atom. The summed E-state index contributed by atoms with van der Waals surface area (Å²) in [5.41, 5.74) is 0.788. The lowest BCUT2D eigenvalue weighted by molar-refractivity contribution is 0.359. The Morgan fingerprint density at radius 1 is 1.13 bits per heavy atom. The fraction of sp³-hybridized carbons (Fsp3) is 0.0588. The third kappa shape index (κ3) is 2.29. The van der Waals surface area contributed by atoms with Crippen molar-refractivity contribution in [1.82, 2.24) is 14.8 Å². The lowest BCUT2D eigenvalue weighted by atomic mass is 9.90. The normalized spacial score (nSPS) is 21.2. The predicted octanol–water partition coefficient (Wildman–Crippen LogP) is 3.84. The Bertz CT molecular complexity index is 877. The van der Waals surface area contributed by atoms with Crippen LogP contribution < -0.4 is 0 Å². The molecule has 114 valence electrons. The molecule has 6 heteroatoms. The summed E-state index contributed by atoms with van der Waals surface area (Å²) >= 11 is 6.36. The number of hydrogen-bond acceptors (Lipinski definition) is 3. The Morgan fingerprint density at radius 2 is 1.91 bits per heavy atom. The van der Waals surface area contributed by atoms with Crippen LogP contribution in [0.15, 0.2) is 66.9 Å². The molecule has 1 atom stereocenters. The van der Waals surface area contributed by atoms with E-state index >= 15 is 0 Å². The number of hydrogen-bond donors (Lipinski definition) is 0. The molecule has 0 amide bonds. The van der Waals surface area contributed by atoms with Crippen molar-refractivity contribution in [3.05, 3.63) is 88.9 Å². The predicted molar refractivity (Wildman–Crippen MR) is 84.0 cm³/mol. The first-order chi connectivity index (χ1) is 11.2. The van der Waals surface area contributed by atoms with Gasteiger partial charge in [-0.05, 0) is 18.2 Å². The van der Waals surface area contributed by atoms with Crippen molar-refractivity contribution in [1.29, 1.82) is 0 Å². The summed E-state index contributed by atoms with van der Waals surface area (Å²) in [6, 6.07) is 13.6. The van der Waals surface area contributed by atoms with Crippen molar-refractivity contribution in [2.45, 2.75) is 5.60 Å². The Hall–Kier alpha value is -2.66. The van der Waals surface area contributed by atoms with E-state index in [-0.39, 0.29) is 5.82 Å². The third-order valence-corrected chi connectivity index (χ3v) is 4.09. The second kappa shape index (κ2) is 5.21. The fourth-order valence-corrected chi connectivity index (χ4v) is 2.91. The summed E-state index contributed by atoms with van der Waals surface area (Å²) in [7, 11) is 0. The van der Waals surface area contributed by atoms with E-state index in [0.717, 1.165) is 11.1 Å². The Kier molecular flexibility index (Phi) is 3.16. The van der Waals surface area contributed by atoms with Gasteiger partial charge in [0.1, 0.15) is 18.5 Å². The first-order valence-corrected chi connectivity index (χ1v) is 7.34. The van der Waals surface area contributed by atoms with Gasteiger partial charge < -0.3 is 4.74 Å². The highest BCUT2D eigenvalue weighted by atomic mass is 35.5. The van der Waals surface area contributed by atoms with Gasteiger partial charge in [-0.2, -0.15) is 5.10 Å². The van der Waals surface area contributed by atoms with E-state index in [4.69, 9.17) is 16.3 Å². The van der Waals surface area contributed by atoms with Gasteiger partial charge in [-0.15, -0.1) is 0 Å². The molecule has 1 unspecified atom stereocenters. The molecule has 2 heterocycles. The molecule has 1 saturated heterocycles. The molecule has 4 nitrogen and oxygen atoms in total. The quantitative estimate of drug-likeness (QED) is 0.686. The van der Waals surface area contributed by atoms with Crippen molar-refractivity contribution in [3.8, 4) is 0 Å². The molecule has 0 radical (unpaired) electrons. The number of benzene rings is 2. The minimum absolute atomic E-state index is 0.300. The molecular weight excluding hydrogens is 317 g/mol. The van der Waals surface area contributed by atoms with Crippen LogP contribution in [0.2, 0.25) is 5.02 Å². The van der Waals surface area contributed by atoms with E-state index < -0.39 is 5.60 Å². The zero-order valence-electron chi connectivity index (χ0n) is 11.9. The lowest BCUT2D eigenvalue weighted by Crippen LogP contribution is -2.11. The van der Waals surface area contributed by atoms with Crippen molar-refractivity contribution < 1.29 is 9.13 Å². The average Bonchev–Trinajstić information content (AvgIpc) is 3.01. The molecular formula is C17H11ClFN3O. The van der Waals surface area contributed by atoms with E-state index in [1.54, 1.807) is 35.4 Å². The molecule has 3 aromatic rings. The van der Waals surface area contributed by atoms with Crippen LogP contribution in [-0.4, -0.2) is 14.8 Å². The molecule has 0 bridgehead atoms. The monoisotopic (exact) mass is 327 g/mol. The zero-order chi connectivity index (χ0) is 15.9. The molecule has 0 saturated carbocycles. The number of ether oxygens (including phenoxy) is 1. The molecule has 2 aromatic carbocycles. The summed E-state index contributed by atoms with van der Waals surface area (Å²) in [6.07, 6.45) is 4.74. The molecule has 4 rings (SSSR count). The van der Waals surface area contributed by atoms with Crippen LogP contribution in [0.1, 0.15) is 11.1 Å². The van der Waals surface area contributed by atoms with Gasteiger partial charge in [0, 0.05) is 16.1 Å². The second-order valence-electron chi connectivity index (χ2n) is 5.14. The molecule has 1 aliphatic rings. The van der Waals surface area contributed by atoms with Crippen LogP contribution in [0.3, 0.4) is 0 Å². The number of aromatic nitrogens is 3. The van der Waals surface area contributed by atoms with Gasteiger partial charge in [-0.25, -0.2) is 14.1 Å². The zero-order valence-corrected chi connectivity index (χ0v) is 12.6. The van der Waals surface area contributed by atoms with Crippen LogP contribution in [0.25, 0.3) is 6.20 Å². The van der Waals surface area contributed by atoms with Gasteiger partial charge in [-0.3, -0.25) is 0 Å². The standard InChI is InChI=1S/C17H11ClFN3O/c18-15-4-2-1-3-14(15)17(12-5-7-13(19)8-6-12)16(23-17)9-22-11-20-10-21-22/h1-11H/b16-9-. The highest BCUT2D eigenvalue weighted by Crippen LogP contribution is 2.56. The Labute approximate surface area is 136 Å². The number of halogens is 2. The maximum Gasteiger partial charge on any atom is 0.218 e. The molecule has 1 aromatic heterocycles. The number of epoxide rings is 1. The van der Waals surface area contributed by atoms with Crippen LogP contribution >= 0.6 is 11.6 Å². The molecule has 1 aliphatic heterocycles. The maximum atomic E-state index is 13.3. The van der Waals surface area contributed by atoms with Crippen molar-refractivity contribution in [3.63, 3.8) is 0 Å². The van der Waals surface area contributed by atoms with Crippen LogP contribution in [0.5, 0.6) is 0 Å². The fourth-order valence-electron chi connectivity index (χ4n) is 2.64. The summed E-state index contributed by atoms with van der Waals surface area (Å²) in [6.45, 7) is 0. The van der Waals surface area contributed by atoms with E-state index in [1.807, 2.05) is 18.2 Å². The molecule has 1 fully saturated rings. The van der Waals surface area contributed by atoms with Gasteiger partial charge in [0.05, 0.1) is 6.20 Å². The minimum atomic E-state index is -0.821. The van der Waals surface area contributed by atoms with Gasteiger partial charge >= 0.3 is 0 Å². The molecule has 0 spiro atoms. The van der Waals surface area contributed by atoms with Crippen molar-refractivity contribution in [2.24, 2.45) is 0 Å². The Balaban J connectivity index is 1.86. The summed E-state index contributed by atoms with van der Waals surface area (Å²) < 4.78 is 20.8. The first kappa shape index (κ1) is 14.0. The maximum absolute atomic E-state index is 13.3. The van der Waals surface area contributed by atoms with Crippen LogP contribution in [0, 0.1) is 5.82 Å². The van der Waals surface area contributed by atoms with Gasteiger partial charge in [0.25, 0.3) is 0 Å². The number of nitrogens with zero attached hydrogens (tertiary/aromatic N) is 3. The number of rotatable bonds is 3. The van der Waals surface area contributed by atoms with E-state index in [0.29, 0.717) is 10.8 Å². The average molecular weight is 328 g/mol. The lowest BCUT2D eigenvalue weighted by Gasteiger charge is -2.12. The second-order valence-corrected chi connectivity index (χ2v) is 5.55. The highest BCUT2D eigenvalue weighted by Gasteiger charge is 2.57. The summed E-state index contributed by atoms with van der Waals surface area (Å²) in [4.78, 5) is 3.90. The van der Waals surface area contributed by atoms with Crippen LogP contribution in [0.4, 0.5) is 4.39 Å².